The van der Waals surface area contributed by atoms with E-state index in [4.69, 9.17) is 4.74 Å². The fraction of sp³-hybridized carbons (Fsp3) is 0.632. The van der Waals surface area contributed by atoms with Crippen molar-refractivity contribution in [3.63, 3.8) is 0 Å². The highest BCUT2D eigenvalue weighted by Gasteiger charge is 2.49. The Kier molecular flexibility index (Phi) is 4.17. The van der Waals surface area contributed by atoms with Crippen LogP contribution in [0.2, 0.25) is 0 Å². The maximum absolute atomic E-state index is 12.5. The van der Waals surface area contributed by atoms with Gasteiger partial charge in [0.05, 0.1) is 12.7 Å². The molecule has 0 N–H and O–H groups in total. The Labute approximate surface area is 127 Å². The highest BCUT2D eigenvalue weighted by molar-refractivity contribution is 5.87. The molecule has 2 fully saturated rings. The summed E-state index contributed by atoms with van der Waals surface area (Å²) in [6.07, 6.45) is 5.66. The van der Waals surface area contributed by atoms with Crippen LogP contribution >= 0.6 is 0 Å². The Morgan fingerprint density at radius 2 is 1.95 bits per heavy atom. The second-order valence-electron chi connectivity index (χ2n) is 7.15. The third-order valence-corrected chi connectivity index (χ3v) is 5.72. The number of rotatable bonds is 3. The molecule has 0 aromatic heterocycles. The summed E-state index contributed by atoms with van der Waals surface area (Å²) in [7, 11) is 0. The first-order chi connectivity index (χ1) is 10.1. The van der Waals surface area contributed by atoms with Crippen LogP contribution in [0.3, 0.4) is 0 Å². The number of ketones is 1. The number of hydrogen-bond acceptors (Lipinski definition) is 2. The van der Waals surface area contributed by atoms with Gasteiger partial charge in [-0.25, -0.2) is 0 Å². The van der Waals surface area contributed by atoms with E-state index < -0.39 is 0 Å². The van der Waals surface area contributed by atoms with Crippen molar-refractivity contribution in [2.24, 2.45) is 17.3 Å². The molecule has 2 saturated carbocycles. The Morgan fingerprint density at radius 1 is 1.19 bits per heavy atom. The minimum absolute atomic E-state index is 0.0791. The van der Waals surface area contributed by atoms with Crippen LogP contribution in [0, 0.1) is 17.3 Å². The predicted octanol–water partition coefficient (Wildman–Crippen LogP) is 4.38. The van der Waals surface area contributed by atoms with Gasteiger partial charge in [0, 0.05) is 11.3 Å². The standard InChI is InChI=1S/C19H26O2/c1-14-8-9-16-12-17(10-11-19(16,2)18(14)20)21-13-15-6-4-3-5-7-15/h3-7,14,16-17H,8-13H2,1-2H3/t14?,16-,17-,19-/m0/s1. The number of ether oxygens (including phenoxy) is 1. The molecule has 2 nitrogen and oxygen atoms in total. The van der Waals surface area contributed by atoms with Gasteiger partial charge in [-0.05, 0) is 43.6 Å². The van der Waals surface area contributed by atoms with E-state index >= 15 is 0 Å². The lowest BCUT2D eigenvalue weighted by Gasteiger charge is -2.47. The molecule has 1 unspecified atom stereocenters. The van der Waals surface area contributed by atoms with Gasteiger partial charge in [0.15, 0.2) is 0 Å². The van der Waals surface area contributed by atoms with Gasteiger partial charge in [0.1, 0.15) is 5.78 Å². The Morgan fingerprint density at radius 3 is 2.71 bits per heavy atom. The van der Waals surface area contributed by atoms with Crippen LogP contribution in [0.25, 0.3) is 0 Å². The van der Waals surface area contributed by atoms with Crippen molar-refractivity contribution < 1.29 is 9.53 Å². The Hall–Kier alpha value is -1.15. The first-order valence-electron chi connectivity index (χ1n) is 8.29. The molecule has 0 amide bonds. The zero-order valence-electron chi connectivity index (χ0n) is 13.2. The van der Waals surface area contributed by atoms with Gasteiger partial charge < -0.3 is 4.74 Å². The zero-order valence-corrected chi connectivity index (χ0v) is 13.2. The van der Waals surface area contributed by atoms with Crippen LogP contribution in [0.15, 0.2) is 30.3 Å². The van der Waals surface area contributed by atoms with Crippen LogP contribution in [0.5, 0.6) is 0 Å². The predicted molar refractivity (Wildman–Crippen MR) is 83.9 cm³/mol. The Balaban J connectivity index is 1.59. The van der Waals surface area contributed by atoms with Crippen LogP contribution in [-0.4, -0.2) is 11.9 Å². The average molecular weight is 286 g/mol. The lowest BCUT2D eigenvalue weighted by Crippen LogP contribution is -2.48. The van der Waals surface area contributed by atoms with Crippen LogP contribution in [0.4, 0.5) is 0 Å². The van der Waals surface area contributed by atoms with Crippen molar-refractivity contribution in [1.29, 1.82) is 0 Å². The molecule has 0 aliphatic heterocycles. The minimum Gasteiger partial charge on any atom is -0.374 e. The lowest BCUT2D eigenvalue weighted by molar-refractivity contribution is -0.145. The molecular formula is C19H26O2. The van der Waals surface area contributed by atoms with E-state index in [2.05, 4.69) is 38.1 Å². The average Bonchev–Trinajstić information content (AvgIpc) is 2.51. The third-order valence-electron chi connectivity index (χ3n) is 5.72. The van der Waals surface area contributed by atoms with Crippen molar-refractivity contribution in [2.45, 2.75) is 58.7 Å². The molecule has 2 aliphatic carbocycles. The zero-order chi connectivity index (χ0) is 14.9. The molecule has 2 heteroatoms. The van der Waals surface area contributed by atoms with Crippen molar-refractivity contribution in [3.05, 3.63) is 35.9 Å². The lowest BCUT2D eigenvalue weighted by atomic mass is 9.57. The second kappa shape index (κ2) is 5.92. The molecule has 0 saturated heterocycles. The van der Waals surface area contributed by atoms with Gasteiger partial charge in [-0.3, -0.25) is 4.79 Å². The number of carbonyl (C=O) groups is 1. The van der Waals surface area contributed by atoms with Crippen LogP contribution < -0.4 is 0 Å². The van der Waals surface area contributed by atoms with Crippen molar-refractivity contribution in [2.75, 3.05) is 0 Å². The summed E-state index contributed by atoms with van der Waals surface area (Å²) in [5.74, 6) is 1.28. The Bertz CT molecular complexity index is 496. The smallest absolute Gasteiger partial charge is 0.141 e. The summed E-state index contributed by atoms with van der Waals surface area (Å²) in [6.45, 7) is 4.99. The van der Waals surface area contributed by atoms with E-state index in [9.17, 15) is 4.79 Å². The fourth-order valence-electron chi connectivity index (χ4n) is 4.21. The van der Waals surface area contributed by atoms with Gasteiger partial charge in [0.2, 0.25) is 0 Å². The molecule has 1 aromatic carbocycles. The molecule has 21 heavy (non-hydrogen) atoms. The van der Waals surface area contributed by atoms with Gasteiger partial charge in [0.25, 0.3) is 0 Å². The van der Waals surface area contributed by atoms with Gasteiger partial charge >= 0.3 is 0 Å². The van der Waals surface area contributed by atoms with Crippen LogP contribution in [-0.2, 0) is 16.1 Å². The van der Waals surface area contributed by atoms with E-state index in [1.54, 1.807) is 0 Å². The highest BCUT2D eigenvalue weighted by atomic mass is 16.5. The summed E-state index contributed by atoms with van der Waals surface area (Å²) in [5, 5.41) is 0. The quantitative estimate of drug-likeness (QED) is 0.824. The van der Waals surface area contributed by atoms with E-state index in [1.807, 2.05) is 6.07 Å². The first-order valence-corrected chi connectivity index (χ1v) is 8.29. The van der Waals surface area contributed by atoms with Gasteiger partial charge in [-0.1, -0.05) is 44.2 Å². The monoisotopic (exact) mass is 286 g/mol. The van der Waals surface area contributed by atoms with Gasteiger partial charge in [-0.15, -0.1) is 0 Å². The number of Topliss-reactive ketones (excluding diaryl/α,β-unsaturated/α-hetero) is 1. The fourth-order valence-corrected chi connectivity index (χ4v) is 4.21. The molecular weight excluding hydrogens is 260 g/mol. The van der Waals surface area contributed by atoms with E-state index in [0.717, 1.165) is 25.7 Å². The molecule has 4 atom stereocenters. The largest absolute Gasteiger partial charge is 0.374 e. The van der Waals surface area contributed by atoms with Crippen molar-refractivity contribution in [3.8, 4) is 0 Å². The van der Waals surface area contributed by atoms with Crippen molar-refractivity contribution >= 4 is 5.78 Å². The molecule has 0 radical (unpaired) electrons. The summed E-state index contributed by atoms with van der Waals surface area (Å²) in [6, 6.07) is 10.4. The number of hydrogen-bond donors (Lipinski definition) is 0. The maximum Gasteiger partial charge on any atom is 0.141 e. The molecule has 0 bridgehead atoms. The normalized spacial score (nSPS) is 36.3. The van der Waals surface area contributed by atoms with Crippen molar-refractivity contribution in [1.82, 2.24) is 0 Å². The SMILES string of the molecule is CC1CC[C@H]2C[C@@H](OCc3ccccc3)CC[C@]2(C)C1=O. The number of fused-ring (bicyclic) bond motifs is 1. The molecule has 1 aromatic rings. The van der Waals surface area contributed by atoms with E-state index in [0.29, 0.717) is 24.4 Å². The van der Waals surface area contributed by atoms with E-state index in [1.165, 1.54) is 12.0 Å². The maximum atomic E-state index is 12.5. The third kappa shape index (κ3) is 2.91. The molecule has 0 heterocycles. The topological polar surface area (TPSA) is 26.3 Å². The van der Waals surface area contributed by atoms with E-state index in [-0.39, 0.29) is 11.3 Å². The second-order valence-corrected chi connectivity index (χ2v) is 7.15. The van der Waals surface area contributed by atoms with Gasteiger partial charge in [-0.2, -0.15) is 0 Å². The first kappa shape index (κ1) is 14.8. The number of benzene rings is 1. The molecule has 0 spiro atoms. The van der Waals surface area contributed by atoms with Crippen LogP contribution in [0.1, 0.15) is 51.5 Å². The summed E-state index contributed by atoms with van der Waals surface area (Å²) >= 11 is 0. The molecule has 2 aliphatic rings. The summed E-state index contributed by atoms with van der Waals surface area (Å²) in [4.78, 5) is 12.5. The molecule has 3 rings (SSSR count). The summed E-state index contributed by atoms with van der Waals surface area (Å²) < 4.78 is 6.11. The molecule has 114 valence electrons. The highest BCUT2D eigenvalue weighted by Crippen LogP contribution is 2.50. The summed E-state index contributed by atoms with van der Waals surface area (Å²) in [5.41, 5.74) is 1.16. The minimum atomic E-state index is -0.0791. The number of carbonyl (C=O) groups excluding carboxylic acids is 1.